The van der Waals surface area contributed by atoms with E-state index in [2.05, 4.69) is 12.2 Å². The monoisotopic (exact) mass is 240 g/mol. The average molecular weight is 240 g/mol. The third kappa shape index (κ3) is 3.60. The van der Waals surface area contributed by atoms with Crippen molar-refractivity contribution in [2.24, 2.45) is 5.41 Å². The number of carbonyl (C=O) groups excluding carboxylic acids is 1. The first kappa shape index (κ1) is 12.7. The summed E-state index contributed by atoms with van der Waals surface area (Å²) in [6.07, 6.45) is 5.66. The van der Waals surface area contributed by atoms with Gasteiger partial charge in [0.25, 0.3) is 0 Å². The fourth-order valence-electron chi connectivity index (χ4n) is 2.54. The minimum absolute atomic E-state index is 0.123. The number of rotatable bonds is 2. The Labute approximate surface area is 104 Å². The van der Waals surface area contributed by atoms with Gasteiger partial charge in [0.1, 0.15) is 0 Å². The molecule has 2 saturated heterocycles. The number of amides is 2. The van der Waals surface area contributed by atoms with Crippen LogP contribution in [0.4, 0.5) is 4.79 Å². The zero-order valence-corrected chi connectivity index (χ0v) is 10.8. The first-order valence-corrected chi connectivity index (χ1v) is 6.80. The lowest BCUT2D eigenvalue weighted by atomic mass is 9.82. The van der Waals surface area contributed by atoms with Crippen LogP contribution in [-0.4, -0.2) is 43.8 Å². The lowest BCUT2D eigenvalue weighted by molar-refractivity contribution is 0.0246. The lowest BCUT2D eigenvalue weighted by Gasteiger charge is -2.35. The molecular weight excluding hydrogens is 216 g/mol. The van der Waals surface area contributed by atoms with E-state index in [9.17, 15) is 4.79 Å². The summed E-state index contributed by atoms with van der Waals surface area (Å²) in [7, 11) is 0. The molecule has 2 rings (SSSR count). The number of carbonyl (C=O) groups is 1. The second-order valence-electron chi connectivity index (χ2n) is 5.63. The predicted molar refractivity (Wildman–Crippen MR) is 67.0 cm³/mol. The van der Waals surface area contributed by atoms with Crippen molar-refractivity contribution in [2.75, 3.05) is 32.8 Å². The predicted octanol–water partition coefficient (Wildman–Crippen LogP) is 2.00. The van der Waals surface area contributed by atoms with Gasteiger partial charge in [-0.15, -0.1) is 0 Å². The molecule has 0 atom stereocenters. The maximum absolute atomic E-state index is 12.0. The van der Waals surface area contributed by atoms with Gasteiger partial charge < -0.3 is 15.0 Å². The molecule has 0 aliphatic carbocycles. The molecule has 0 aromatic heterocycles. The van der Waals surface area contributed by atoms with Crippen molar-refractivity contribution in [1.82, 2.24) is 10.2 Å². The van der Waals surface area contributed by atoms with Crippen molar-refractivity contribution in [3.63, 3.8) is 0 Å². The van der Waals surface area contributed by atoms with Crippen molar-refractivity contribution in [3.05, 3.63) is 0 Å². The maximum Gasteiger partial charge on any atom is 0.317 e. The first-order valence-electron chi connectivity index (χ1n) is 6.80. The van der Waals surface area contributed by atoms with Gasteiger partial charge in [0, 0.05) is 32.8 Å². The molecule has 0 radical (unpaired) electrons. The SMILES string of the molecule is CC1(CNC(=O)N2CCCCC2)CCOCC1. The van der Waals surface area contributed by atoms with E-state index in [-0.39, 0.29) is 11.4 Å². The Morgan fingerprint density at radius 1 is 1.24 bits per heavy atom. The normalized spacial score (nSPS) is 24.4. The van der Waals surface area contributed by atoms with Gasteiger partial charge in [-0.2, -0.15) is 0 Å². The number of ether oxygens (including phenoxy) is 1. The zero-order valence-electron chi connectivity index (χ0n) is 10.8. The zero-order chi connectivity index (χ0) is 12.1. The molecule has 0 spiro atoms. The quantitative estimate of drug-likeness (QED) is 0.802. The number of likely N-dealkylation sites (tertiary alicyclic amines) is 1. The van der Waals surface area contributed by atoms with Crippen LogP contribution < -0.4 is 5.32 Å². The molecule has 0 bridgehead atoms. The van der Waals surface area contributed by atoms with Crippen molar-refractivity contribution < 1.29 is 9.53 Å². The largest absolute Gasteiger partial charge is 0.381 e. The molecule has 0 aromatic carbocycles. The number of piperidine rings is 1. The molecule has 2 aliphatic heterocycles. The summed E-state index contributed by atoms with van der Waals surface area (Å²) in [5.41, 5.74) is 0.226. The highest BCUT2D eigenvalue weighted by Crippen LogP contribution is 2.28. The van der Waals surface area contributed by atoms with Crippen molar-refractivity contribution in [1.29, 1.82) is 0 Å². The maximum atomic E-state index is 12.0. The molecule has 2 fully saturated rings. The Kier molecular flexibility index (Phi) is 4.26. The molecule has 0 saturated carbocycles. The van der Waals surface area contributed by atoms with E-state index in [0.717, 1.165) is 58.5 Å². The van der Waals surface area contributed by atoms with Gasteiger partial charge in [-0.25, -0.2) is 4.79 Å². The fourth-order valence-corrected chi connectivity index (χ4v) is 2.54. The number of nitrogens with zero attached hydrogens (tertiary/aromatic N) is 1. The summed E-state index contributed by atoms with van der Waals surface area (Å²) < 4.78 is 5.36. The van der Waals surface area contributed by atoms with Crippen LogP contribution in [0.25, 0.3) is 0 Å². The standard InChI is InChI=1S/C13H24N2O2/c1-13(5-9-17-10-6-13)11-14-12(16)15-7-3-2-4-8-15/h2-11H2,1H3,(H,14,16). The highest BCUT2D eigenvalue weighted by atomic mass is 16.5. The first-order chi connectivity index (χ1) is 8.20. The molecule has 98 valence electrons. The van der Waals surface area contributed by atoms with Crippen LogP contribution in [0, 0.1) is 5.41 Å². The Morgan fingerprint density at radius 3 is 2.53 bits per heavy atom. The molecule has 2 amide bonds. The Bertz CT molecular complexity index is 256. The fraction of sp³-hybridized carbons (Fsp3) is 0.923. The van der Waals surface area contributed by atoms with E-state index in [1.807, 2.05) is 4.90 Å². The van der Waals surface area contributed by atoms with Crippen LogP contribution in [0.1, 0.15) is 39.0 Å². The minimum atomic E-state index is 0.123. The van der Waals surface area contributed by atoms with Gasteiger partial charge in [0.05, 0.1) is 0 Å². The second-order valence-corrected chi connectivity index (χ2v) is 5.63. The molecule has 4 heteroatoms. The summed E-state index contributed by atoms with van der Waals surface area (Å²) in [6, 6.07) is 0.123. The average Bonchev–Trinajstić information content (AvgIpc) is 2.38. The van der Waals surface area contributed by atoms with Crippen LogP contribution in [0.5, 0.6) is 0 Å². The van der Waals surface area contributed by atoms with E-state index < -0.39 is 0 Å². The Morgan fingerprint density at radius 2 is 1.88 bits per heavy atom. The lowest BCUT2D eigenvalue weighted by Crippen LogP contribution is -2.47. The van der Waals surface area contributed by atoms with Gasteiger partial charge >= 0.3 is 6.03 Å². The molecule has 17 heavy (non-hydrogen) atoms. The van der Waals surface area contributed by atoms with E-state index in [1.165, 1.54) is 6.42 Å². The summed E-state index contributed by atoms with van der Waals surface area (Å²) in [5.74, 6) is 0. The molecule has 0 unspecified atom stereocenters. The van der Waals surface area contributed by atoms with Crippen molar-refractivity contribution >= 4 is 6.03 Å². The number of hydrogen-bond acceptors (Lipinski definition) is 2. The van der Waals surface area contributed by atoms with Gasteiger partial charge in [0.2, 0.25) is 0 Å². The summed E-state index contributed by atoms with van der Waals surface area (Å²) in [4.78, 5) is 13.9. The van der Waals surface area contributed by atoms with Gasteiger partial charge in [-0.05, 0) is 37.5 Å². The Balaban J connectivity index is 1.74. The Hall–Kier alpha value is -0.770. The third-order valence-corrected chi connectivity index (χ3v) is 4.01. The van der Waals surface area contributed by atoms with E-state index >= 15 is 0 Å². The van der Waals surface area contributed by atoms with Crippen LogP contribution in [0.15, 0.2) is 0 Å². The topological polar surface area (TPSA) is 41.6 Å². The molecule has 2 aliphatic rings. The summed E-state index contributed by atoms with van der Waals surface area (Å²) in [6.45, 7) is 6.53. The van der Waals surface area contributed by atoms with E-state index in [1.54, 1.807) is 0 Å². The molecule has 0 aromatic rings. The summed E-state index contributed by atoms with van der Waals surface area (Å²) in [5, 5.41) is 3.09. The molecule has 4 nitrogen and oxygen atoms in total. The van der Waals surface area contributed by atoms with Crippen LogP contribution >= 0.6 is 0 Å². The minimum Gasteiger partial charge on any atom is -0.381 e. The number of nitrogens with one attached hydrogen (secondary N) is 1. The van der Waals surface area contributed by atoms with Crippen molar-refractivity contribution in [3.8, 4) is 0 Å². The molecular formula is C13H24N2O2. The number of urea groups is 1. The highest BCUT2D eigenvalue weighted by Gasteiger charge is 2.28. The highest BCUT2D eigenvalue weighted by molar-refractivity contribution is 5.74. The van der Waals surface area contributed by atoms with Gasteiger partial charge in [0.15, 0.2) is 0 Å². The number of hydrogen-bond donors (Lipinski definition) is 1. The van der Waals surface area contributed by atoms with Gasteiger partial charge in [-0.3, -0.25) is 0 Å². The van der Waals surface area contributed by atoms with E-state index in [0.29, 0.717) is 0 Å². The molecule has 2 heterocycles. The van der Waals surface area contributed by atoms with E-state index in [4.69, 9.17) is 4.74 Å². The van der Waals surface area contributed by atoms with Gasteiger partial charge in [-0.1, -0.05) is 6.92 Å². The second kappa shape index (κ2) is 5.71. The van der Waals surface area contributed by atoms with Crippen LogP contribution in [0.2, 0.25) is 0 Å². The van der Waals surface area contributed by atoms with Crippen LogP contribution in [-0.2, 0) is 4.74 Å². The smallest absolute Gasteiger partial charge is 0.317 e. The summed E-state index contributed by atoms with van der Waals surface area (Å²) >= 11 is 0. The van der Waals surface area contributed by atoms with Crippen molar-refractivity contribution in [2.45, 2.75) is 39.0 Å². The van der Waals surface area contributed by atoms with Crippen LogP contribution in [0.3, 0.4) is 0 Å². The molecule has 1 N–H and O–H groups in total. The third-order valence-electron chi connectivity index (χ3n) is 4.01.